The van der Waals surface area contributed by atoms with Crippen LogP contribution in [-0.2, 0) is 14.8 Å². The lowest BCUT2D eigenvalue weighted by molar-refractivity contribution is -0.139. The van der Waals surface area contributed by atoms with Crippen molar-refractivity contribution in [2.45, 2.75) is 10.9 Å². The number of hydrogen-bond acceptors (Lipinski definition) is 4. The average Bonchev–Trinajstić information content (AvgIpc) is 2.73. The first-order valence-electron chi connectivity index (χ1n) is 8.73. The molecule has 30 heavy (non-hydrogen) atoms. The van der Waals surface area contributed by atoms with Crippen molar-refractivity contribution in [2.75, 3.05) is 5.32 Å². The van der Waals surface area contributed by atoms with Gasteiger partial charge >= 0.3 is 5.97 Å². The number of halogens is 1. The topological polar surface area (TPSA) is 113 Å². The fourth-order valence-corrected chi connectivity index (χ4v) is 3.83. The Kier molecular flexibility index (Phi) is 6.24. The van der Waals surface area contributed by atoms with Crippen LogP contribution in [0.3, 0.4) is 0 Å². The predicted octanol–water partition coefficient (Wildman–Crippen LogP) is 3.18. The summed E-state index contributed by atoms with van der Waals surface area (Å²) in [7, 11) is -4.14. The van der Waals surface area contributed by atoms with E-state index in [0.717, 1.165) is 12.1 Å². The van der Waals surface area contributed by atoms with E-state index in [-0.39, 0.29) is 16.0 Å². The highest BCUT2D eigenvalue weighted by atomic mass is 32.2. The second kappa shape index (κ2) is 8.85. The Bertz CT molecular complexity index is 1150. The summed E-state index contributed by atoms with van der Waals surface area (Å²) < 4.78 is 40.3. The summed E-state index contributed by atoms with van der Waals surface area (Å²) in [4.78, 5) is 23.5. The highest BCUT2D eigenvalue weighted by molar-refractivity contribution is 7.89. The number of carboxylic acid groups (broad SMARTS) is 1. The molecule has 3 aromatic rings. The number of carboxylic acids is 1. The molecular formula is C21H17FN2O5S. The molecule has 0 saturated carbocycles. The zero-order valence-electron chi connectivity index (χ0n) is 15.4. The second-order valence-electron chi connectivity index (χ2n) is 6.29. The van der Waals surface area contributed by atoms with Crippen molar-refractivity contribution in [2.24, 2.45) is 0 Å². The molecule has 0 aliphatic heterocycles. The van der Waals surface area contributed by atoms with Crippen LogP contribution in [0, 0.1) is 5.82 Å². The summed E-state index contributed by atoms with van der Waals surface area (Å²) in [6.07, 6.45) is 0. The second-order valence-corrected chi connectivity index (χ2v) is 8.00. The van der Waals surface area contributed by atoms with Gasteiger partial charge in [-0.05, 0) is 54.1 Å². The van der Waals surface area contributed by atoms with E-state index >= 15 is 0 Å². The third kappa shape index (κ3) is 5.07. The first kappa shape index (κ1) is 21.2. The van der Waals surface area contributed by atoms with Crippen LogP contribution in [0.5, 0.6) is 0 Å². The van der Waals surface area contributed by atoms with Gasteiger partial charge in [0.1, 0.15) is 11.9 Å². The average molecular weight is 428 g/mol. The molecule has 3 rings (SSSR count). The quantitative estimate of drug-likeness (QED) is 0.535. The van der Waals surface area contributed by atoms with Crippen molar-refractivity contribution in [1.82, 2.24) is 4.72 Å². The van der Waals surface area contributed by atoms with Crippen LogP contribution in [0.1, 0.15) is 22.0 Å². The third-order valence-electron chi connectivity index (χ3n) is 4.18. The minimum Gasteiger partial charge on any atom is -0.480 e. The number of benzene rings is 3. The van der Waals surface area contributed by atoms with Crippen LogP contribution >= 0.6 is 0 Å². The molecule has 0 heterocycles. The predicted molar refractivity (Wildman–Crippen MR) is 108 cm³/mol. The molecule has 3 N–H and O–H groups in total. The van der Waals surface area contributed by atoms with Gasteiger partial charge in [-0.3, -0.25) is 9.59 Å². The highest BCUT2D eigenvalue weighted by Crippen LogP contribution is 2.20. The largest absolute Gasteiger partial charge is 0.480 e. The summed E-state index contributed by atoms with van der Waals surface area (Å²) in [5.41, 5.74) is 0.847. The van der Waals surface area contributed by atoms with Crippen molar-refractivity contribution in [3.8, 4) is 0 Å². The van der Waals surface area contributed by atoms with Crippen LogP contribution in [0.2, 0.25) is 0 Å². The molecule has 0 aliphatic rings. The van der Waals surface area contributed by atoms with Crippen LogP contribution in [0.15, 0.2) is 83.8 Å². The van der Waals surface area contributed by atoms with Crippen LogP contribution < -0.4 is 10.0 Å². The van der Waals surface area contributed by atoms with Crippen LogP contribution in [0.25, 0.3) is 0 Å². The van der Waals surface area contributed by atoms with Gasteiger partial charge in [-0.1, -0.05) is 30.3 Å². The number of nitrogens with one attached hydrogen (secondary N) is 2. The maximum Gasteiger partial charge on any atom is 0.326 e. The van der Waals surface area contributed by atoms with Gasteiger partial charge in [-0.2, -0.15) is 4.72 Å². The van der Waals surface area contributed by atoms with Gasteiger partial charge < -0.3 is 10.4 Å². The molecule has 0 unspecified atom stereocenters. The SMILES string of the molecule is O=C(Nc1ccc(S(=O)(=O)N[C@H](C(=O)O)c2ccccc2)cc1)c1ccc(F)cc1. The number of rotatable bonds is 7. The van der Waals surface area contributed by atoms with E-state index in [1.807, 2.05) is 0 Å². The zero-order valence-corrected chi connectivity index (χ0v) is 16.3. The first-order chi connectivity index (χ1) is 14.3. The first-order valence-corrected chi connectivity index (χ1v) is 10.2. The number of carbonyl (C=O) groups is 2. The molecular weight excluding hydrogens is 411 g/mol. The Hall–Kier alpha value is -3.56. The fourth-order valence-electron chi connectivity index (χ4n) is 2.65. The lowest BCUT2D eigenvalue weighted by Gasteiger charge is -2.15. The summed E-state index contributed by atoms with van der Waals surface area (Å²) in [6.45, 7) is 0. The molecule has 154 valence electrons. The maximum absolute atomic E-state index is 13.0. The summed E-state index contributed by atoms with van der Waals surface area (Å²) in [6, 6.07) is 16.7. The molecule has 9 heteroatoms. The third-order valence-corrected chi connectivity index (χ3v) is 5.62. The number of amides is 1. The van der Waals surface area contributed by atoms with Gasteiger partial charge in [0.25, 0.3) is 5.91 Å². The Morgan fingerprint density at radius 1 is 0.867 bits per heavy atom. The van der Waals surface area contributed by atoms with E-state index in [2.05, 4.69) is 10.0 Å². The zero-order chi connectivity index (χ0) is 21.7. The van der Waals surface area contributed by atoms with Gasteiger partial charge in [-0.15, -0.1) is 0 Å². The van der Waals surface area contributed by atoms with Crippen molar-refractivity contribution in [3.05, 3.63) is 95.8 Å². The highest BCUT2D eigenvalue weighted by Gasteiger charge is 2.26. The molecule has 1 atom stereocenters. The Morgan fingerprint density at radius 2 is 1.47 bits per heavy atom. The van der Waals surface area contributed by atoms with Crippen molar-refractivity contribution in [3.63, 3.8) is 0 Å². The minimum absolute atomic E-state index is 0.163. The Morgan fingerprint density at radius 3 is 2.03 bits per heavy atom. The van der Waals surface area contributed by atoms with Gasteiger partial charge in [0, 0.05) is 11.3 Å². The molecule has 0 aromatic heterocycles. The van der Waals surface area contributed by atoms with Gasteiger partial charge in [-0.25, -0.2) is 12.8 Å². The lowest BCUT2D eigenvalue weighted by atomic mass is 10.1. The smallest absolute Gasteiger partial charge is 0.326 e. The van der Waals surface area contributed by atoms with Crippen molar-refractivity contribution >= 4 is 27.6 Å². The molecule has 0 fully saturated rings. The minimum atomic E-state index is -4.14. The van der Waals surface area contributed by atoms with Crippen molar-refractivity contribution in [1.29, 1.82) is 0 Å². The molecule has 0 spiro atoms. The fraction of sp³-hybridized carbons (Fsp3) is 0.0476. The summed E-state index contributed by atoms with van der Waals surface area (Å²) in [5.74, 6) is -2.30. The van der Waals surface area contributed by atoms with E-state index in [4.69, 9.17) is 0 Å². The summed E-state index contributed by atoms with van der Waals surface area (Å²) in [5, 5.41) is 12.0. The van der Waals surface area contributed by atoms with E-state index in [1.165, 1.54) is 48.5 Å². The van der Waals surface area contributed by atoms with Gasteiger partial charge in [0.2, 0.25) is 10.0 Å². The van der Waals surface area contributed by atoms with Crippen molar-refractivity contribution < 1.29 is 27.5 Å². The lowest BCUT2D eigenvalue weighted by Crippen LogP contribution is -2.33. The van der Waals surface area contributed by atoms with Gasteiger partial charge in [0.05, 0.1) is 4.90 Å². The molecule has 0 bridgehead atoms. The van der Waals surface area contributed by atoms with E-state index in [9.17, 15) is 27.5 Å². The number of carbonyl (C=O) groups excluding carboxylic acids is 1. The maximum atomic E-state index is 13.0. The number of hydrogen-bond donors (Lipinski definition) is 3. The molecule has 0 radical (unpaired) electrons. The molecule has 0 aliphatic carbocycles. The number of sulfonamides is 1. The Labute approximate surface area is 172 Å². The van der Waals surface area contributed by atoms with E-state index in [1.54, 1.807) is 18.2 Å². The standard InChI is InChI=1S/C21H17FN2O5S/c22-16-8-6-15(7-9-16)20(25)23-17-10-12-18(13-11-17)30(28,29)24-19(21(26)27)14-4-2-1-3-5-14/h1-13,19,24H,(H,23,25)(H,26,27)/t19-/m0/s1. The van der Waals surface area contributed by atoms with E-state index in [0.29, 0.717) is 5.69 Å². The normalized spacial score (nSPS) is 12.2. The molecule has 3 aromatic carbocycles. The molecule has 0 saturated heterocycles. The molecule has 7 nitrogen and oxygen atoms in total. The monoisotopic (exact) mass is 428 g/mol. The Balaban J connectivity index is 1.75. The van der Waals surface area contributed by atoms with E-state index < -0.39 is 33.8 Å². The van der Waals surface area contributed by atoms with Crippen LogP contribution in [0.4, 0.5) is 10.1 Å². The van der Waals surface area contributed by atoms with Gasteiger partial charge in [0.15, 0.2) is 0 Å². The van der Waals surface area contributed by atoms with Crippen LogP contribution in [-0.4, -0.2) is 25.4 Å². The molecule has 1 amide bonds. The number of anilines is 1. The number of aliphatic carboxylic acids is 1. The summed E-state index contributed by atoms with van der Waals surface area (Å²) >= 11 is 0.